The van der Waals surface area contributed by atoms with Crippen LogP contribution in [0.25, 0.3) is 0 Å². The number of unbranched alkanes of at least 4 members (excludes halogenated alkanes) is 1. The van der Waals surface area contributed by atoms with E-state index in [1.165, 1.54) is 16.4 Å². The second-order valence-electron chi connectivity index (χ2n) is 8.18. The fourth-order valence-corrected chi connectivity index (χ4v) is 3.56. The van der Waals surface area contributed by atoms with Crippen LogP contribution >= 0.6 is 0 Å². The first kappa shape index (κ1) is 23.7. The Morgan fingerprint density at radius 2 is 1.80 bits per heavy atom. The summed E-state index contributed by atoms with van der Waals surface area (Å²) >= 11 is 0. The summed E-state index contributed by atoms with van der Waals surface area (Å²) in [4.78, 5) is 57.0. The van der Waals surface area contributed by atoms with E-state index >= 15 is 0 Å². The highest BCUT2D eigenvalue weighted by Gasteiger charge is 2.27. The number of rotatable bonds is 8. The van der Waals surface area contributed by atoms with E-state index in [1.54, 1.807) is 4.90 Å². The summed E-state index contributed by atoms with van der Waals surface area (Å²) in [5.74, 6) is -0.0617. The van der Waals surface area contributed by atoms with Crippen molar-refractivity contribution in [1.82, 2.24) is 19.4 Å². The quantitative estimate of drug-likeness (QED) is 0.611. The number of aromatic amines is 1. The molecule has 2 heterocycles. The summed E-state index contributed by atoms with van der Waals surface area (Å²) in [5.41, 5.74) is 5.04. The predicted molar refractivity (Wildman–Crippen MR) is 117 cm³/mol. The number of piperazine rings is 1. The lowest BCUT2D eigenvalue weighted by molar-refractivity contribution is -0.130. The molecule has 0 saturated carbocycles. The number of hydrogen-bond donors (Lipinski definition) is 2. The standard InChI is InChI=1S/C20H34N6O4/c1-5-6-7-25(16(28)13-23-8-10-24(11-9-23)15(4)27)17-18(21)26(12-14(2)3)20(30)22-19(17)29/h14H,5-13,21H2,1-4H3,(H,22,29,30). The van der Waals surface area contributed by atoms with Crippen LogP contribution in [0.5, 0.6) is 0 Å². The van der Waals surface area contributed by atoms with Crippen LogP contribution in [-0.2, 0) is 16.1 Å². The Balaban J connectivity index is 2.29. The van der Waals surface area contributed by atoms with E-state index in [9.17, 15) is 19.2 Å². The molecule has 0 aliphatic carbocycles. The zero-order valence-corrected chi connectivity index (χ0v) is 18.4. The number of H-pyrrole nitrogens is 1. The first-order chi connectivity index (χ1) is 14.1. The van der Waals surface area contributed by atoms with Gasteiger partial charge in [-0.25, -0.2) is 4.79 Å². The maximum atomic E-state index is 13.2. The number of amides is 2. The molecular formula is C20H34N6O4. The fourth-order valence-electron chi connectivity index (χ4n) is 3.56. The zero-order chi connectivity index (χ0) is 22.4. The van der Waals surface area contributed by atoms with Gasteiger partial charge in [-0.3, -0.25) is 28.8 Å². The van der Waals surface area contributed by atoms with Crippen LogP contribution in [0.3, 0.4) is 0 Å². The summed E-state index contributed by atoms with van der Waals surface area (Å²) in [5, 5.41) is 0. The van der Waals surface area contributed by atoms with E-state index in [1.807, 2.05) is 25.7 Å². The highest BCUT2D eigenvalue weighted by molar-refractivity contribution is 5.96. The van der Waals surface area contributed by atoms with E-state index < -0.39 is 11.2 Å². The summed E-state index contributed by atoms with van der Waals surface area (Å²) in [7, 11) is 0. The maximum Gasteiger partial charge on any atom is 0.330 e. The maximum absolute atomic E-state index is 13.2. The van der Waals surface area contributed by atoms with Crippen LogP contribution in [0.15, 0.2) is 9.59 Å². The highest BCUT2D eigenvalue weighted by Crippen LogP contribution is 2.19. The minimum Gasteiger partial charge on any atom is -0.383 e. The number of carbonyl (C=O) groups is 2. The van der Waals surface area contributed by atoms with E-state index in [0.29, 0.717) is 45.7 Å². The molecule has 0 aromatic carbocycles. The van der Waals surface area contributed by atoms with Gasteiger partial charge in [-0.1, -0.05) is 27.2 Å². The summed E-state index contributed by atoms with van der Waals surface area (Å²) in [6.45, 7) is 10.5. The molecule has 0 radical (unpaired) electrons. The second-order valence-corrected chi connectivity index (χ2v) is 8.18. The van der Waals surface area contributed by atoms with Crippen molar-refractivity contribution in [3.05, 3.63) is 20.8 Å². The van der Waals surface area contributed by atoms with Gasteiger partial charge < -0.3 is 15.5 Å². The molecule has 1 aromatic heterocycles. The summed E-state index contributed by atoms with van der Waals surface area (Å²) in [6.07, 6.45) is 1.54. The average molecular weight is 423 g/mol. The van der Waals surface area contributed by atoms with E-state index in [4.69, 9.17) is 5.73 Å². The normalized spacial score (nSPS) is 14.9. The van der Waals surface area contributed by atoms with Crippen molar-refractivity contribution in [2.75, 3.05) is 49.9 Å². The molecule has 0 unspecified atom stereocenters. The Morgan fingerprint density at radius 3 is 2.33 bits per heavy atom. The van der Waals surface area contributed by atoms with Gasteiger partial charge in [0.15, 0.2) is 5.69 Å². The smallest absolute Gasteiger partial charge is 0.330 e. The van der Waals surface area contributed by atoms with Gasteiger partial charge in [0.1, 0.15) is 5.82 Å². The van der Waals surface area contributed by atoms with Crippen molar-refractivity contribution in [3.8, 4) is 0 Å². The van der Waals surface area contributed by atoms with Crippen LogP contribution in [0, 0.1) is 5.92 Å². The molecule has 2 rings (SSSR count). The molecule has 1 saturated heterocycles. The zero-order valence-electron chi connectivity index (χ0n) is 18.4. The Labute approximate surface area is 176 Å². The van der Waals surface area contributed by atoms with Gasteiger partial charge in [-0.05, 0) is 12.3 Å². The third kappa shape index (κ3) is 5.71. The van der Waals surface area contributed by atoms with Gasteiger partial charge >= 0.3 is 5.69 Å². The van der Waals surface area contributed by atoms with Gasteiger partial charge in [0.05, 0.1) is 6.54 Å². The minimum absolute atomic E-state index is 0.0169. The topological polar surface area (TPSA) is 125 Å². The van der Waals surface area contributed by atoms with Crippen LogP contribution < -0.4 is 21.9 Å². The third-order valence-electron chi connectivity index (χ3n) is 5.24. The number of nitrogens with one attached hydrogen (secondary N) is 1. The van der Waals surface area contributed by atoms with Crippen LogP contribution in [0.4, 0.5) is 11.5 Å². The molecule has 1 fully saturated rings. The number of aromatic nitrogens is 2. The van der Waals surface area contributed by atoms with Crippen molar-refractivity contribution in [3.63, 3.8) is 0 Å². The van der Waals surface area contributed by atoms with Crippen molar-refractivity contribution in [1.29, 1.82) is 0 Å². The van der Waals surface area contributed by atoms with E-state index in [0.717, 1.165) is 6.42 Å². The van der Waals surface area contributed by atoms with Crippen molar-refractivity contribution < 1.29 is 9.59 Å². The Bertz CT molecular complexity index is 867. The van der Waals surface area contributed by atoms with Gasteiger partial charge in [-0.2, -0.15) is 0 Å². The second kappa shape index (κ2) is 10.4. The first-order valence-electron chi connectivity index (χ1n) is 10.6. The number of carbonyl (C=O) groups excluding carboxylic acids is 2. The van der Waals surface area contributed by atoms with Gasteiger partial charge in [0.2, 0.25) is 11.8 Å². The molecule has 0 bridgehead atoms. The van der Waals surface area contributed by atoms with Crippen molar-refractivity contribution in [2.45, 2.75) is 47.1 Å². The molecular weight excluding hydrogens is 388 g/mol. The molecule has 2 amide bonds. The van der Waals surface area contributed by atoms with Crippen molar-refractivity contribution in [2.24, 2.45) is 5.92 Å². The number of nitrogens with two attached hydrogens (primary N) is 1. The lowest BCUT2D eigenvalue weighted by Gasteiger charge is -2.35. The fraction of sp³-hybridized carbons (Fsp3) is 0.700. The third-order valence-corrected chi connectivity index (χ3v) is 5.24. The van der Waals surface area contributed by atoms with Gasteiger partial charge in [-0.15, -0.1) is 0 Å². The number of nitrogens with zero attached hydrogens (tertiary/aromatic N) is 4. The molecule has 3 N–H and O–H groups in total. The minimum atomic E-state index is -0.650. The molecule has 0 atom stereocenters. The van der Waals surface area contributed by atoms with E-state index in [2.05, 4.69) is 4.98 Å². The van der Waals surface area contributed by atoms with Gasteiger partial charge in [0.25, 0.3) is 5.56 Å². The molecule has 1 aromatic rings. The molecule has 10 nitrogen and oxygen atoms in total. The summed E-state index contributed by atoms with van der Waals surface area (Å²) in [6, 6.07) is 0. The lowest BCUT2D eigenvalue weighted by Crippen LogP contribution is -2.52. The molecule has 0 spiro atoms. The molecule has 10 heteroatoms. The van der Waals surface area contributed by atoms with Crippen LogP contribution in [0.1, 0.15) is 40.5 Å². The molecule has 1 aliphatic rings. The predicted octanol–water partition coefficient (Wildman–Crippen LogP) is 0.0720. The molecule has 30 heavy (non-hydrogen) atoms. The SMILES string of the molecule is CCCCN(C(=O)CN1CCN(C(C)=O)CC1)c1c(N)n(CC(C)C)c(=O)[nH]c1=O. The van der Waals surface area contributed by atoms with Crippen molar-refractivity contribution >= 4 is 23.3 Å². The monoisotopic (exact) mass is 422 g/mol. The average Bonchev–Trinajstić information content (AvgIpc) is 2.67. The molecule has 1 aliphatic heterocycles. The Hall–Kier alpha value is -2.62. The van der Waals surface area contributed by atoms with Crippen LogP contribution in [0.2, 0.25) is 0 Å². The van der Waals surface area contributed by atoms with Crippen LogP contribution in [-0.4, -0.2) is 70.4 Å². The lowest BCUT2D eigenvalue weighted by atomic mass is 10.2. The number of hydrogen-bond acceptors (Lipinski definition) is 6. The number of nitrogen functional groups attached to an aromatic ring is 1. The van der Waals surface area contributed by atoms with Gasteiger partial charge in [0, 0.05) is 46.2 Å². The first-order valence-corrected chi connectivity index (χ1v) is 10.6. The molecule has 168 valence electrons. The highest BCUT2D eigenvalue weighted by atomic mass is 16.2. The Morgan fingerprint density at radius 1 is 1.17 bits per heavy atom. The number of anilines is 2. The largest absolute Gasteiger partial charge is 0.383 e. The summed E-state index contributed by atoms with van der Waals surface area (Å²) < 4.78 is 1.32. The van der Waals surface area contributed by atoms with E-state index in [-0.39, 0.29) is 35.8 Å². The Kier molecular flexibility index (Phi) is 8.22.